The normalized spacial score (nSPS) is 15.1. The molecule has 190 valence electrons. The minimum absolute atomic E-state index is 0.213. The molecule has 1 aliphatic heterocycles. The van der Waals surface area contributed by atoms with Gasteiger partial charge in [0.05, 0.1) is 12.1 Å². The number of para-hydroxylation sites is 1. The molecule has 1 atom stereocenters. The van der Waals surface area contributed by atoms with E-state index in [1.165, 1.54) is 17.0 Å². The van der Waals surface area contributed by atoms with E-state index in [4.69, 9.17) is 5.73 Å². The number of nitrogens with two attached hydrogens (primary N) is 1. The average molecular weight is 495 g/mol. The quantitative estimate of drug-likeness (QED) is 0.568. The summed E-state index contributed by atoms with van der Waals surface area (Å²) in [6.07, 6.45) is 0. The van der Waals surface area contributed by atoms with Gasteiger partial charge in [0.1, 0.15) is 11.9 Å². The van der Waals surface area contributed by atoms with Crippen LogP contribution in [0.25, 0.3) is 10.9 Å². The topological polar surface area (TPSA) is 114 Å². The van der Waals surface area contributed by atoms with Crippen molar-refractivity contribution in [3.05, 3.63) is 65.6 Å². The third kappa shape index (κ3) is 5.32. The molecule has 0 unspecified atom stereocenters. The Labute approximate surface area is 209 Å². The fraction of sp³-hybridized carbons (Fsp3) is 0.385. The van der Waals surface area contributed by atoms with Gasteiger partial charge >= 0.3 is 6.03 Å². The first-order valence-corrected chi connectivity index (χ1v) is 11.9. The van der Waals surface area contributed by atoms with Crippen molar-refractivity contribution in [2.24, 2.45) is 11.1 Å². The van der Waals surface area contributed by atoms with Gasteiger partial charge in [-0.15, -0.1) is 0 Å². The van der Waals surface area contributed by atoms with Crippen molar-refractivity contribution in [2.45, 2.75) is 33.4 Å². The van der Waals surface area contributed by atoms with Crippen LogP contribution in [0.3, 0.4) is 0 Å². The molecule has 1 aromatic heterocycles. The lowest BCUT2D eigenvalue weighted by atomic mass is 9.85. The molecule has 3 N–H and O–H groups in total. The number of aromatic nitrogens is 2. The van der Waals surface area contributed by atoms with Crippen molar-refractivity contribution in [1.82, 2.24) is 24.9 Å². The Bertz CT molecular complexity index is 1270. The van der Waals surface area contributed by atoms with E-state index in [1.807, 2.05) is 45.0 Å². The Hall–Kier alpha value is -3.95. The summed E-state index contributed by atoms with van der Waals surface area (Å²) in [5, 5.41) is 8.15. The molecule has 2 aromatic carbocycles. The Kier molecular flexibility index (Phi) is 6.96. The van der Waals surface area contributed by atoms with Crippen LogP contribution >= 0.6 is 0 Å². The number of benzene rings is 2. The van der Waals surface area contributed by atoms with Gasteiger partial charge in [-0.25, -0.2) is 9.18 Å². The number of hydrogen-bond acceptors (Lipinski definition) is 4. The van der Waals surface area contributed by atoms with E-state index in [1.54, 1.807) is 21.7 Å². The maximum absolute atomic E-state index is 13.5. The molecule has 1 aliphatic rings. The molecular weight excluding hydrogens is 463 g/mol. The number of rotatable bonds is 5. The third-order valence-electron chi connectivity index (χ3n) is 6.41. The summed E-state index contributed by atoms with van der Waals surface area (Å²) in [7, 11) is 0. The van der Waals surface area contributed by atoms with Gasteiger partial charge in [0.15, 0.2) is 5.69 Å². The van der Waals surface area contributed by atoms with Crippen LogP contribution in [0.2, 0.25) is 0 Å². The van der Waals surface area contributed by atoms with Crippen LogP contribution in [0.4, 0.5) is 9.18 Å². The van der Waals surface area contributed by atoms with Gasteiger partial charge in [-0.3, -0.25) is 14.3 Å². The average Bonchev–Trinajstić information content (AvgIpc) is 3.21. The second-order valence-electron chi connectivity index (χ2n) is 10.1. The molecule has 10 heteroatoms. The van der Waals surface area contributed by atoms with E-state index in [0.29, 0.717) is 38.1 Å². The molecule has 9 nitrogen and oxygen atoms in total. The number of primary amides is 1. The summed E-state index contributed by atoms with van der Waals surface area (Å²) in [5.74, 6) is -0.985. The van der Waals surface area contributed by atoms with Gasteiger partial charge < -0.3 is 20.9 Å². The van der Waals surface area contributed by atoms with Crippen LogP contribution in [0.15, 0.2) is 48.5 Å². The zero-order valence-corrected chi connectivity index (χ0v) is 20.7. The monoisotopic (exact) mass is 494 g/mol. The number of carbonyl (C=O) groups is 3. The van der Waals surface area contributed by atoms with E-state index < -0.39 is 23.4 Å². The van der Waals surface area contributed by atoms with Crippen LogP contribution in [0.5, 0.6) is 0 Å². The maximum Gasteiger partial charge on any atom is 0.314 e. The minimum Gasteiger partial charge on any atom is -0.351 e. The number of carbonyl (C=O) groups excluding carboxylic acids is 3. The van der Waals surface area contributed by atoms with Gasteiger partial charge in [-0.1, -0.05) is 51.1 Å². The molecule has 2 heterocycles. The van der Waals surface area contributed by atoms with Gasteiger partial charge in [-0.05, 0) is 29.2 Å². The molecule has 1 saturated heterocycles. The number of halogens is 1. The molecule has 0 saturated carbocycles. The largest absolute Gasteiger partial charge is 0.351 e. The van der Waals surface area contributed by atoms with Crippen LogP contribution in [-0.4, -0.2) is 69.6 Å². The number of piperazine rings is 1. The summed E-state index contributed by atoms with van der Waals surface area (Å²) < 4.78 is 15.0. The molecule has 4 amide bonds. The zero-order valence-electron chi connectivity index (χ0n) is 20.7. The number of amides is 4. The van der Waals surface area contributed by atoms with Crippen molar-refractivity contribution in [3.8, 4) is 0 Å². The van der Waals surface area contributed by atoms with Gasteiger partial charge in [0.2, 0.25) is 5.91 Å². The van der Waals surface area contributed by atoms with E-state index >= 15 is 0 Å². The highest BCUT2D eigenvalue weighted by atomic mass is 19.1. The highest BCUT2D eigenvalue weighted by molar-refractivity contribution is 6.06. The lowest BCUT2D eigenvalue weighted by molar-refractivity contribution is -0.137. The van der Waals surface area contributed by atoms with Crippen molar-refractivity contribution in [2.75, 3.05) is 26.2 Å². The van der Waals surface area contributed by atoms with Gasteiger partial charge in [0, 0.05) is 31.6 Å². The third-order valence-corrected chi connectivity index (χ3v) is 6.41. The number of hydrogen-bond donors (Lipinski definition) is 2. The Morgan fingerprint density at radius 3 is 2.22 bits per heavy atom. The molecule has 0 spiro atoms. The summed E-state index contributed by atoms with van der Waals surface area (Å²) in [5.41, 5.74) is 6.60. The van der Waals surface area contributed by atoms with E-state index in [0.717, 1.165) is 11.1 Å². The van der Waals surface area contributed by atoms with Crippen molar-refractivity contribution < 1.29 is 18.8 Å². The molecule has 0 radical (unpaired) electrons. The predicted octanol–water partition coefficient (Wildman–Crippen LogP) is 2.59. The summed E-state index contributed by atoms with van der Waals surface area (Å²) in [6.45, 7) is 7.43. The van der Waals surface area contributed by atoms with E-state index in [-0.39, 0.29) is 17.4 Å². The lowest BCUT2D eigenvalue weighted by Gasteiger charge is -2.39. The van der Waals surface area contributed by atoms with Crippen LogP contribution in [0, 0.1) is 11.2 Å². The Morgan fingerprint density at radius 2 is 1.61 bits per heavy atom. The maximum atomic E-state index is 13.5. The van der Waals surface area contributed by atoms with Crippen LogP contribution < -0.4 is 11.1 Å². The van der Waals surface area contributed by atoms with Crippen molar-refractivity contribution in [3.63, 3.8) is 0 Å². The summed E-state index contributed by atoms with van der Waals surface area (Å²) >= 11 is 0. The van der Waals surface area contributed by atoms with Crippen LogP contribution in [0.1, 0.15) is 36.8 Å². The van der Waals surface area contributed by atoms with E-state index in [9.17, 15) is 18.8 Å². The molecule has 0 aliphatic carbocycles. The van der Waals surface area contributed by atoms with Crippen molar-refractivity contribution in [1.29, 1.82) is 0 Å². The SMILES string of the molecule is CC(C)(C)[C@H](NC(=O)c1nn(Cc2ccc(F)cc2)c2ccccc12)C(=O)N1CCN(C(N)=O)CC1. The highest BCUT2D eigenvalue weighted by Crippen LogP contribution is 2.24. The number of urea groups is 1. The zero-order chi connectivity index (χ0) is 26.0. The summed E-state index contributed by atoms with van der Waals surface area (Å²) in [4.78, 5) is 41.5. The van der Waals surface area contributed by atoms with Crippen molar-refractivity contribution >= 4 is 28.7 Å². The standard InChI is InChI=1S/C26H31FN6O3/c1-26(2,3)22(24(35)31-12-14-32(15-13-31)25(28)36)29-23(34)21-19-6-4-5-7-20(19)33(30-21)16-17-8-10-18(27)11-9-17/h4-11,22H,12-16H2,1-3H3,(H2,28,36)(H,29,34)/t22-/m1/s1. The van der Waals surface area contributed by atoms with Gasteiger partial charge in [0.25, 0.3) is 5.91 Å². The molecule has 0 bridgehead atoms. The molecular formula is C26H31FN6O3. The fourth-order valence-corrected chi connectivity index (χ4v) is 4.36. The molecule has 1 fully saturated rings. The lowest BCUT2D eigenvalue weighted by Crippen LogP contribution is -2.59. The van der Waals surface area contributed by atoms with Crippen LogP contribution in [-0.2, 0) is 11.3 Å². The first-order valence-electron chi connectivity index (χ1n) is 11.9. The number of nitrogens with one attached hydrogen (secondary N) is 1. The number of fused-ring (bicyclic) bond motifs is 1. The predicted molar refractivity (Wildman–Crippen MR) is 134 cm³/mol. The summed E-state index contributed by atoms with van der Waals surface area (Å²) in [6, 6.07) is 12.2. The molecule has 3 aromatic rings. The molecule has 36 heavy (non-hydrogen) atoms. The second kappa shape index (κ2) is 9.96. The minimum atomic E-state index is -0.800. The van der Waals surface area contributed by atoms with Gasteiger partial charge in [-0.2, -0.15) is 5.10 Å². The number of nitrogens with zero attached hydrogens (tertiary/aromatic N) is 4. The first-order chi connectivity index (χ1) is 17.0. The van der Waals surface area contributed by atoms with E-state index in [2.05, 4.69) is 10.4 Å². The Morgan fingerprint density at radius 1 is 1.00 bits per heavy atom. The molecule has 4 rings (SSSR count). The highest BCUT2D eigenvalue weighted by Gasteiger charge is 2.37. The second-order valence-corrected chi connectivity index (χ2v) is 10.1. The first kappa shape index (κ1) is 25.2. The smallest absolute Gasteiger partial charge is 0.314 e. The Balaban J connectivity index is 1.57. The fourth-order valence-electron chi connectivity index (χ4n) is 4.36.